The third-order valence-electron chi connectivity index (χ3n) is 2.28. The first-order valence-electron chi connectivity index (χ1n) is 5.54. The number of nitro groups is 1. The Morgan fingerprint density at radius 1 is 1.37 bits per heavy atom. The molecule has 0 aliphatic carbocycles. The third kappa shape index (κ3) is 5.07. The van der Waals surface area contributed by atoms with Gasteiger partial charge < -0.3 is 4.79 Å². The van der Waals surface area contributed by atoms with E-state index in [4.69, 9.17) is 0 Å². The molecule has 0 amide bonds. The highest BCUT2D eigenvalue weighted by molar-refractivity contribution is 6.28. The largest absolute Gasteiger partial charge is 0.300 e. The Balaban J connectivity index is 2.64. The maximum absolute atomic E-state index is 10.8. The van der Waals surface area contributed by atoms with Gasteiger partial charge >= 0.3 is 0 Å². The fourth-order valence-corrected chi connectivity index (χ4v) is 1.24. The molecule has 0 aromatic heterocycles. The fourth-order valence-electron chi connectivity index (χ4n) is 1.24. The second-order valence-electron chi connectivity index (χ2n) is 3.84. The number of hydrazone groups is 1. The molecule has 7 heteroatoms. The fraction of sp³-hybridized carbons (Fsp3) is 0.250. The van der Waals surface area contributed by atoms with Crippen LogP contribution in [0.1, 0.15) is 19.8 Å². The Bertz CT molecular complexity index is 508. The summed E-state index contributed by atoms with van der Waals surface area (Å²) < 4.78 is 0. The Kier molecular flexibility index (Phi) is 5.34. The maximum Gasteiger partial charge on any atom is 0.269 e. The van der Waals surface area contributed by atoms with Gasteiger partial charge in [-0.3, -0.25) is 20.3 Å². The Labute approximate surface area is 109 Å². The van der Waals surface area contributed by atoms with Crippen LogP contribution in [0.25, 0.3) is 0 Å². The lowest BCUT2D eigenvalue weighted by atomic mass is 10.2. The molecule has 19 heavy (non-hydrogen) atoms. The summed E-state index contributed by atoms with van der Waals surface area (Å²) in [5.41, 5.74) is 3.32. The Morgan fingerprint density at radius 3 is 2.47 bits per heavy atom. The molecule has 1 aromatic carbocycles. The number of anilines is 1. The van der Waals surface area contributed by atoms with Crippen molar-refractivity contribution < 1.29 is 14.5 Å². The quantitative estimate of drug-likeness (QED) is 0.350. The van der Waals surface area contributed by atoms with Gasteiger partial charge in [0.2, 0.25) is 0 Å². The zero-order valence-electron chi connectivity index (χ0n) is 10.3. The van der Waals surface area contributed by atoms with Crippen LogP contribution in [0.2, 0.25) is 0 Å². The van der Waals surface area contributed by atoms with Gasteiger partial charge in [0.1, 0.15) is 11.5 Å². The molecule has 0 bridgehead atoms. The highest BCUT2D eigenvalue weighted by atomic mass is 16.6. The summed E-state index contributed by atoms with van der Waals surface area (Å²) in [6, 6.07) is 5.62. The van der Waals surface area contributed by atoms with Gasteiger partial charge in [0, 0.05) is 25.0 Å². The molecule has 0 atom stereocenters. The van der Waals surface area contributed by atoms with Gasteiger partial charge in [-0.15, -0.1) is 0 Å². The first-order valence-corrected chi connectivity index (χ1v) is 5.54. The van der Waals surface area contributed by atoms with E-state index in [1.54, 1.807) is 0 Å². The number of nitrogens with zero attached hydrogens (tertiary/aromatic N) is 2. The van der Waals surface area contributed by atoms with E-state index in [1.165, 1.54) is 31.2 Å². The van der Waals surface area contributed by atoms with Crippen LogP contribution in [0.5, 0.6) is 0 Å². The molecule has 1 N–H and O–H groups in total. The van der Waals surface area contributed by atoms with Crippen molar-refractivity contribution in [2.75, 3.05) is 5.43 Å². The zero-order chi connectivity index (χ0) is 14.3. The number of hydrogen-bond acceptors (Lipinski definition) is 6. The van der Waals surface area contributed by atoms with Crippen molar-refractivity contribution in [3.8, 4) is 0 Å². The number of benzene rings is 1. The standard InChI is InChI=1S/C12H13N3O4/c1-9(17)2-3-11(8-16)14-13-10-4-6-12(7-5-10)15(18)19/h4-8,13H,2-3H2,1H3. The van der Waals surface area contributed by atoms with Crippen LogP contribution in [0.3, 0.4) is 0 Å². The number of nitrogens with one attached hydrogen (secondary N) is 1. The number of Topliss-reactive ketones (excluding diaryl/α,β-unsaturated/α-hetero) is 1. The summed E-state index contributed by atoms with van der Waals surface area (Å²) in [5, 5.41) is 14.3. The zero-order valence-corrected chi connectivity index (χ0v) is 10.3. The van der Waals surface area contributed by atoms with Gasteiger partial charge in [0.15, 0.2) is 6.29 Å². The second kappa shape index (κ2) is 7.00. The summed E-state index contributed by atoms with van der Waals surface area (Å²) in [7, 11) is 0. The van der Waals surface area contributed by atoms with Crippen LogP contribution in [0.15, 0.2) is 29.4 Å². The first-order chi connectivity index (χ1) is 9.02. The van der Waals surface area contributed by atoms with Crippen molar-refractivity contribution in [2.45, 2.75) is 19.8 Å². The molecule has 0 aliphatic rings. The van der Waals surface area contributed by atoms with E-state index in [2.05, 4.69) is 10.5 Å². The molecule has 1 aromatic rings. The van der Waals surface area contributed by atoms with Gasteiger partial charge in [0.25, 0.3) is 5.69 Å². The van der Waals surface area contributed by atoms with Gasteiger partial charge in [-0.25, -0.2) is 0 Å². The number of hydrogen-bond donors (Lipinski definition) is 1. The normalized spacial score (nSPS) is 10.9. The molecule has 0 saturated carbocycles. The van der Waals surface area contributed by atoms with Crippen LogP contribution in [0, 0.1) is 10.1 Å². The number of aldehydes is 1. The van der Waals surface area contributed by atoms with Crippen molar-refractivity contribution in [1.29, 1.82) is 0 Å². The summed E-state index contributed by atoms with van der Waals surface area (Å²) in [4.78, 5) is 31.4. The van der Waals surface area contributed by atoms with Crippen LogP contribution >= 0.6 is 0 Å². The number of non-ortho nitro benzene ring substituents is 1. The van der Waals surface area contributed by atoms with Crippen molar-refractivity contribution in [3.63, 3.8) is 0 Å². The molecule has 1 rings (SSSR count). The predicted octanol–water partition coefficient (Wildman–Crippen LogP) is 1.93. The van der Waals surface area contributed by atoms with Gasteiger partial charge in [-0.1, -0.05) is 0 Å². The van der Waals surface area contributed by atoms with Crippen LogP contribution in [0.4, 0.5) is 11.4 Å². The molecule has 0 aliphatic heterocycles. The lowest BCUT2D eigenvalue weighted by molar-refractivity contribution is -0.384. The van der Waals surface area contributed by atoms with Gasteiger partial charge in [0.05, 0.1) is 10.6 Å². The molecule has 0 heterocycles. The van der Waals surface area contributed by atoms with E-state index in [9.17, 15) is 19.7 Å². The SMILES string of the molecule is CC(=O)CCC(C=O)=NNc1ccc([N+](=O)[O-])cc1. The maximum atomic E-state index is 10.8. The lowest BCUT2D eigenvalue weighted by Crippen LogP contribution is -2.06. The Hall–Kier alpha value is -2.57. The van der Waals surface area contributed by atoms with E-state index in [0.717, 1.165) is 0 Å². The van der Waals surface area contributed by atoms with E-state index in [0.29, 0.717) is 12.0 Å². The van der Waals surface area contributed by atoms with Crippen LogP contribution in [-0.4, -0.2) is 22.7 Å². The van der Waals surface area contributed by atoms with Crippen molar-refractivity contribution in [1.82, 2.24) is 0 Å². The van der Waals surface area contributed by atoms with Crippen LogP contribution in [-0.2, 0) is 9.59 Å². The second-order valence-corrected chi connectivity index (χ2v) is 3.84. The van der Waals surface area contributed by atoms with Crippen molar-refractivity contribution >= 4 is 29.2 Å². The number of ketones is 1. The van der Waals surface area contributed by atoms with Crippen molar-refractivity contribution in [2.24, 2.45) is 5.10 Å². The summed E-state index contributed by atoms with van der Waals surface area (Å²) in [6.45, 7) is 1.44. The molecule has 7 nitrogen and oxygen atoms in total. The average Bonchev–Trinajstić information content (AvgIpc) is 2.39. The van der Waals surface area contributed by atoms with E-state index in [1.807, 2.05) is 0 Å². The molecule has 0 fully saturated rings. The topological polar surface area (TPSA) is 102 Å². The molecule has 0 radical (unpaired) electrons. The number of nitro benzene ring substituents is 1. The minimum absolute atomic E-state index is 0.0233. The summed E-state index contributed by atoms with van der Waals surface area (Å²) in [6.07, 6.45) is 1.08. The number of carbonyl (C=O) groups is 2. The lowest BCUT2D eigenvalue weighted by Gasteiger charge is -2.01. The summed E-state index contributed by atoms with van der Waals surface area (Å²) in [5.74, 6) is -0.0233. The van der Waals surface area contributed by atoms with Crippen LogP contribution < -0.4 is 5.43 Å². The van der Waals surface area contributed by atoms with Crippen molar-refractivity contribution in [3.05, 3.63) is 34.4 Å². The molecular weight excluding hydrogens is 250 g/mol. The number of rotatable bonds is 7. The smallest absolute Gasteiger partial charge is 0.269 e. The highest BCUT2D eigenvalue weighted by Gasteiger charge is 2.04. The first kappa shape index (κ1) is 14.5. The number of carbonyl (C=O) groups excluding carboxylic acids is 2. The van der Waals surface area contributed by atoms with E-state index < -0.39 is 4.92 Å². The summed E-state index contributed by atoms with van der Waals surface area (Å²) >= 11 is 0. The minimum Gasteiger partial charge on any atom is -0.300 e. The van der Waals surface area contributed by atoms with Gasteiger partial charge in [-0.2, -0.15) is 5.10 Å². The monoisotopic (exact) mass is 263 g/mol. The Morgan fingerprint density at radius 2 is 2.00 bits per heavy atom. The van der Waals surface area contributed by atoms with E-state index >= 15 is 0 Å². The highest BCUT2D eigenvalue weighted by Crippen LogP contribution is 2.15. The molecular formula is C12H13N3O4. The molecule has 0 unspecified atom stereocenters. The average molecular weight is 263 g/mol. The molecule has 0 spiro atoms. The minimum atomic E-state index is -0.503. The van der Waals surface area contributed by atoms with E-state index in [-0.39, 0.29) is 30.0 Å². The third-order valence-corrected chi connectivity index (χ3v) is 2.28. The molecule has 0 saturated heterocycles. The van der Waals surface area contributed by atoms with Gasteiger partial charge in [-0.05, 0) is 19.1 Å². The predicted molar refractivity (Wildman–Crippen MR) is 70.1 cm³/mol. The molecule has 100 valence electrons.